The minimum absolute atomic E-state index is 0.0863. The molecule has 1 aromatic carbocycles. The number of nitrogens with zero attached hydrogens (tertiary/aromatic N) is 5. The van der Waals surface area contributed by atoms with E-state index in [9.17, 15) is 9.90 Å². The van der Waals surface area contributed by atoms with Gasteiger partial charge >= 0.3 is 0 Å². The van der Waals surface area contributed by atoms with Crippen LogP contribution in [-0.4, -0.2) is 61.6 Å². The Hall–Kier alpha value is -3.17. The van der Waals surface area contributed by atoms with Gasteiger partial charge in [0, 0.05) is 33.1 Å². The van der Waals surface area contributed by atoms with Crippen LogP contribution in [0.1, 0.15) is 23.4 Å². The Balaban J connectivity index is 1.53. The molecule has 30 heavy (non-hydrogen) atoms. The van der Waals surface area contributed by atoms with Crippen LogP contribution in [0.15, 0.2) is 53.1 Å². The number of carbonyl (C=O) groups excluding carboxylic acids is 1. The van der Waals surface area contributed by atoms with Crippen molar-refractivity contribution < 1.29 is 14.3 Å². The van der Waals surface area contributed by atoms with E-state index in [-0.39, 0.29) is 17.8 Å². The second-order valence-electron chi connectivity index (χ2n) is 7.25. The van der Waals surface area contributed by atoms with Gasteiger partial charge in [0.15, 0.2) is 5.76 Å². The number of aromatic hydroxyl groups is 1. The van der Waals surface area contributed by atoms with Crippen molar-refractivity contribution in [2.24, 2.45) is 0 Å². The van der Waals surface area contributed by atoms with Gasteiger partial charge in [-0.2, -0.15) is 9.50 Å². The smallest absolute Gasteiger partial charge is 0.230 e. The summed E-state index contributed by atoms with van der Waals surface area (Å²) in [6.45, 7) is 4.39. The molecule has 4 heterocycles. The van der Waals surface area contributed by atoms with Crippen molar-refractivity contribution >= 4 is 22.2 Å². The third-order valence-corrected chi connectivity index (χ3v) is 6.50. The summed E-state index contributed by atoms with van der Waals surface area (Å²) in [5, 5.41) is 15.5. The quantitative estimate of drug-likeness (QED) is 0.543. The van der Waals surface area contributed by atoms with Crippen molar-refractivity contribution in [2.75, 3.05) is 26.2 Å². The molecule has 4 aromatic rings. The zero-order chi connectivity index (χ0) is 20.7. The number of furan rings is 1. The van der Waals surface area contributed by atoms with Gasteiger partial charge in [0.2, 0.25) is 22.6 Å². The zero-order valence-corrected chi connectivity index (χ0v) is 17.2. The van der Waals surface area contributed by atoms with Crippen molar-refractivity contribution in [1.82, 2.24) is 24.4 Å². The molecule has 154 valence electrons. The number of hydrogen-bond donors (Lipinski definition) is 1. The summed E-state index contributed by atoms with van der Waals surface area (Å²) < 4.78 is 6.85. The number of carbonyl (C=O) groups is 1. The Kier molecular flexibility index (Phi) is 4.76. The largest absolute Gasteiger partial charge is 0.492 e. The van der Waals surface area contributed by atoms with Crippen molar-refractivity contribution in [1.29, 1.82) is 0 Å². The van der Waals surface area contributed by atoms with E-state index in [1.807, 2.05) is 23.1 Å². The van der Waals surface area contributed by atoms with Gasteiger partial charge in [-0.3, -0.25) is 9.69 Å². The third kappa shape index (κ3) is 3.25. The monoisotopic (exact) mass is 423 g/mol. The molecule has 9 heteroatoms. The van der Waals surface area contributed by atoms with Crippen LogP contribution in [0.2, 0.25) is 0 Å². The Morgan fingerprint density at radius 3 is 2.53 bits per heavy atom. The molecule has 3 aromatic heterocycles. The summed E-state index contributed by atoms with van der Waals surface area (Å²) in [5.74, 6) is 1.19. The molecule has 0 bridgehead atoms. The molecule has 8 nitrogen and oxygen atoms in total. The maximum absolute atomic E-state index is 11.7. The Morgan fingerprint density at radius 1 is 1.13 bits per heavy atom. The van der Waals surface area contributed by atoms with Crippen LogP contribution in [0.5, 0.6) is 5.88 Å². The second-order valence-corrected chi connectivity index (χ2v) is 8.26. The Bertz CT molecular complexity index is 1160. The molecule has 1 amide bonds. The van der Waals surface area contributed by atoms with Crippen molar-refractivity contribution in [3.63, 3.8) is 0 Å². The maximum Gasteiger partial charge on any atom is 0.230 e. The highest BCUT2D eigenvalue weighted by atomic mass is 32.1. The van der Waals surface area contributed by atoms with Gasteiger partial charge < -0.3 is 14.4 Å². The van der Waals surface area contributed by atoms with E-state index in [0.717, 1.165) is 23.5 Å². The first-order valence-corrected chi connectivity index (χ1v) is 10.6. The number of aromatic nitrogens is 3. The van der Waals surface area contributed by atoms with Crippen LogP contribution in [0, 0.1) is 0 Å². The van der Waals surface area contributed by atoms with Gasteiger partial charge in [-0.1, -0.05) is 41.7 Å². The number of benzene rings is 1. The Morgan fingerprint density at radius 2 is 1.90 bits per heavy atom. The fourth-order valence-corrected chi connectivity index (χ4v) is 5.01. The van der Waals surface area contributed by atoms with Gasteiger partial charge in [-0.15, -0.1) is 5.10 Å². The minimum Gasteiger partial charge on any atom is -0.492 e. The molecule has 1 fully saturated rings. The van der Waals surface area contributed by atoms with Crippen LogP contribution in [0.4, 0.5) is 0 Å². The minimum atomic E-state index is -0.138. The molecular formula is C21H21N5O3S. The number of amides is 1. The van der Waals surface area contributed by atoms with E-state index >= 15 is 0 Å². The van der Waals surface area contributed by atoms with Crippen LogP contribution >= 0.6 is 11.3 Å². The first-order chi connectivity index (χ1) is 14.6. The topological polar surface area (TPSA) is 87.1 Å². The first kappa shape index (κ1) is 18.8. The van der Waals surface area contributed by atoms with Crippen molar-refractivity contribution in [3.05, 3.63) is 59.2 Å². The van der Waals surface area contributed by atoms with Crippen LogP contribution in [0.25, 0.3) is 16.5 Å². The van der Waals surface area contributed by atoms with Gasteiger partial charge in [-0.05, 0) is 17.7 Å². The first-order valence-electron chi connectivity index (χ1n) is 9.78. The predicted molar refractivity (Wildman–Crippen MR) is 112 cm³/mol. The van der Waals surface area contributed by atoms with E-state index in [1.165, 1.54) is 15.9 Å². The summed E-state index contributed by atoms with van der Waals surface area (Å²) in [7, 11) is 0. The van der Waals surface area contributed by atoms with E-state index < -0.39 is 0 Å². The average Bonchev–Trinajstić information content (AvgIpc) is 3.49. The SMILES string of the molecule is CC(=O)N1CCN([C@H](c2ccccc2)c2sc3nc(-c4ccco4)nn3c2O)CC1. The molecule has 1 saturated heterocycles. The van der Waals surface area contributed by atoms with Crippen LogP contribution < -0.4 is 0 Å². The van der Waals surface area contributed by atoms with E-state index in [2.05, 4.69) is 27.1 Å². The van der Waals surface area contributed by atoms with Crippen LogP contribution in [0.3, 0.4) is 0 Å². The number of hydrogen-bond acceptors (Lipinski definition) is 7. The molecule has 0 spiro atoms. The Labute approximate surface area is 177 Å². The fraction of sp³-hybridized carbons (Fsp3) is 0.286. The highest BCUT2D eigenvalue weighted by Gasteiger charge is 2.32. The third-order valence-electron chi connectivity index (χ3n) is 5.43. The van der Waals surface area contributed by atoms with E-state index in [4.69, 9.17) is 4.42 Å². The summed E-state index contributed by atoms with van der Waals surface area (Å²) in [5.41, 5.74) is 1.08. The molecule has 0 unspecified atom stereocenters. The molecule has 0 aliphatic carbocycles. The molecular weight excluding hydrogens is 402 g/mol. The van der Waals surface area contributed by atoms with Gasteiger partial charge in [0.25, 0.3) is 0 Å². The summed E-state index contributed by atoms with van der Waals surface area (Å²) in [6.07, 6.45) is 1.57. The molecule has 1 aliphatic rings. The molecule has 5 rings (SSSR count). The second kappa shape index (κ2) is 7.58. The van der Waals surface area contributed by atoms with Gasteiger partial charge in [0.1, 0.15) is 0 Å². The van der Waals surface area contributed by atoms with Crippen molar-refractivity contribution in [3.8, 4) is 17.5 Å². The normalized spacial score (nSPS) is 16.2. The summed E-state index contributed by atoms with van der Waals surface area (Å²) >= 11 is 1.42. The molecule has 1 N–H and O–H groups in total. The zero-order valence-electron chi connectivity index (χ0n) is 16.4. The fourth-order valence-electron chi connectivity index (χ4n) is 3.90. The van der Waals surface area contributed by atoms with Gasteiger partial charge in [-0.25, -0.2) is 0 Å². The molecule has 0 radical (unpaired) electrons. The molecule has 0 saturated carbocycles. The van der Waals surface area contributed by atoms with Crippen LogP contribution in [-0.2, 0) is 4.79 Å². The number of rotatable bonds is 4. The van der Waals surface area contributed by atoms with Crippen molar-refractivity contribution in [2.45, 2.75) is 13.0 Å². The van der Waals surface area contributed by atoms with E-state index in [0.29, 0.717) is 29.6 Å². The number of fused-ring (bicyclic) bond motifs is 1. The van der Waals surface area contributed by atoms with E-state index in [1.54, 1.807) is 25.3 Å². The molecule has 1 aliphatic heterocycles. The lowest BCUT2D eigenvalue weighted by Gasteiger charge is -2.38. The summed E-state index contributed by atoms with van der Waals surface area (Å²) in [4.78, 5) is 21.8. The summed E-state index contributed by atoms with van der Waals surface area (Å²) in [6, 6.07) is 13.5. The maximum atomic E-state index is 11.7. The highest BCUT2D eigenvalue weighted by molar-refractivity contribution is 7.17. The number of piperazine rings is 1. The molecule has 1 atom stereocenters. The van der Waals surface area contributed by atoms with Gasteiger partial charge in [0.05, 0.1) is 17.2 Å². The lowest BCUT2D eigenvalue weighted by atomic mass is 10.0. The average molecular weight is 423 g/mol. The predicted octanol–water partition coefficient (Wildman–Crippen LogP) is 3.01. The lowest BCUT2D eigenvalue weighted by Crippen LogP contribution is -2.49. The lowest BCUT2D eigenvalue weighted by molar-refractivity contribution is -0.130. The highest BCUT2D eigenvalue weighted by Crippen LogP contribution is 2.40. The standard InChI is InChI=1S/C21H21N5O3S/c1-14(27)24-9-11-25(12-10-24)17(15-6-3-2-4-7-15)18-20(28)26-21(30-18)22-19(23-26)16-8-5-13-29-16/h2-8,13,17,28H,9-12H2,1H3/t17-/m1/s1. The number of thiazole rings is 1.